The molecule has 9 nitrogen and oxygen atoms in total. The molecular formula is C19H15F2N5O4. The Morgan fingerprint density at radius 3 is 2.60 bits per heavy atom. The zero-order chi connectivity index (χ0) is 20.8. The van der Waals surface area contributed by atoms with Gasteiger partial charge in [0.25, 0.3) is 0 Å². The van der Waals surface area contributed by atoms with Crippen molar-refractivity contribution in [2.75, 3.05) is 11.7 Å². The molecule has 0 bridgehead atoms. The van der Waals surface area contributed by atoms with Crippen molar-refractivity contribution in [3.8, 4) is 17.4 Å². The number of hydrogen-bond donors (Lipinski definition) is 0. The lowest BCUT2D eigenvalue weighted by Gasteiger charge is -2.34. The Hall–Kier alpha value is -3.60. The van der Waals surface area contributed by atoms with Crippen molar-refractivity contribution in [2.45, 2.75) is 26.1 Å². The van der Waals surface area contributed by atoms with Crippen molar-refractivity contribution in [3.63, 3.8) is 0 Å². The van der Waals surface area contributed by atoms with Gasteiger partial charge in [0.05, 0.1) is 25.5 Å². The largest absolute Gasteiger partial charge is 0.473 e. The van der Waals surface area contributed by atoms with Crippen molar-refractivity contribution >= 4 is 5.82 Å². The Kier molecular flexibility index (Phi) is 4.31. The van der Waals surface area contributed by atoms with Crippen LogP contribution in [0.4, 0.5) is 14.6 Å². The van der Waals surface area contributed by atoms with E-state index in [0.29, 0.717) is 24.8 Å². The molecule has 1 aromatic carbocycles. The standard InChI is InChI=1S/C19H15F2N5O4/c1-10-22-5-13(6-23-10)30-18-14(20)2-11(3-15(18)21)8-28-16-4-17-25(19(27)24-16)7-12-9-29-26(12)17/h2-6,12H,7-9H2,1H3/t12-/m0/s1. The first-order valence-electron chi connectivity index (χ1n) is 9.09. The van der Waals surface area contributed by atoms with Crippen LogP contribution in [0, 0.1) is 18.6 Å². The lowest BCUT2D eigenvalue weighted by molar-refractivity contribution is -0.0165. The molecule has 0 radical (unpaired) electrons. The molecular weight excluding hydrogens is 400 g/mol. The van der Waals surface area contributed by atoms with Gasteiger partial charge >= 0.3 is 5.69 Å². The van der Waals surface area contributed by atoms with E-state index < -0.39 is 23.1 Å². The molecule has 30 heavy (non-hydrogen) atoms. The van der Waals surface area contributed by atoms with Gasteiger partial charge in [0.2, 0.25) is 5.88 Å². The molecule has 0 aliphatic carbocycles. The molecule has 11 heteroatoms. The molecule has 3 aromatic rings. The maximum Gasteiger partial charge on any atom is 0.352 e. The number of aromatic nitrogens is 4. The average Bonchev–Trinajstić information content (AvgIpc) is 2.94. The highest BCUT2D eigenvalue weighted by Crippen LogP contribution is 2.33. The van der Waals surface area contributed by atoms with Gasteiger partial charge < -0.3 is 9.47 Å². The zero-order valence-corrected chi connectivity index (χ0v) is 15.7. The molecule has 0 spiro atoms. The highest BCUT2D eigenvalue weighted by atomic mass is 19.1. The van der Waals surface area contributed by atoms with Crippen molar-refractivity contribution in [2.24, 2.45) is 0 Å². The van der Waals surface area contributed by atoms with Crippen molar-refractivity contribution in [1.82, 2.24) is 19.5 Å². The summed E-state index contributed by atoms with van der Waals surface area (Å²) in [5, 5.41) is 1.62. The lowest BCUT2D eigenvalue weighted by Crippen LogP contribution is -2.47. The van der Waals surface area contributed by atoms with Gasteiger partial charge in [-0.15, -0.1) is 0 Å². The number of aryl methyl sites for hydroxylation is 1. The van der Waals surface area contributed by atoms with E-state index in [0.717, 1.165) is 12.1 Å². The topological polar surface area (TPSA) is 91.6 Å². The van der Waals surface area contributed by atoms with Gasteiger partial charge in [0.15, 0.2) is 23.1 Å². The lowest BCUT2D eigenvalue weighted by atomic mass is 10.2. The first kappa shape index (κ1) is 18.4. The van der Waals surface area contributed by atoms with E-state index in [2.05, 4.69) is 15.0 Å². The SMILES string of the molecule is Cc1ncc(Oc2c(F)cc(COc3cc4n(c(=O)n3)C[C@H]3CON43)cc2F)cn1. The number of ether oxygens (including phenoxy) is 2. The molecule has 1 fully saturated rings. The minimum absolute atomic E-state index is 0.0420. The van der Waals surface area contributed by atoms with E-state index in [1.165, 1.54) is 17.0 Å². The van der Waals surface area contributed by atoms with Crippen LogP contribution in [-0.2, 0) is 18.0 Å². The second-order valence-electron chi connectivity index (χ2n) is 6.87. The van der Waals surface area contributed by atoms with Gasteiger partial charge in [-0.25, -0.2) is 28.6 Å². The second-order valence-corrected chi connectivity index (χ2v) is 6.87. The summed E-state index contributed by atoms with van der Waals surface area (Å²) in [5.74, 6) is -1.19. The minimum atomic E-state index is -0.909. The molecule has 1 atom stereocenters. The summed E-state index contributed by atoms with van der Waals surface area (Å²) >= 11 is 0. The summed E-state index contributed by atoms with van der Waals surface area (Å²) < 4.78 is 41.0. The number of fused-ring (bicyclic) bond motifs is 3. The van der Waals surface area contributed by atoms with Crippen LogP contribution >= 0.6 is 0 Å². The summed E-state index contributed by atoms with van der Waals surface area (Å²) in [6.45, 7) is 2.53. The third-order valence-electron chi connectivity index (χ3n) is 4.74. The van der Waals surface area contributed by atoms with Crippen molar-refractivity contribution in [1.29, 1.82) is 0 Å². The Morgan fingerprint density at radius 1 is 1.20 bits per heavy atom. The number of nitrogens with zero attached hydrogens (tertiary/aromatic N) is 5. The Bertz CT molecular complexity index is 1160. The zero-order valence-electron chi connectivity index (χ0n) is 15.7. The molecule has 2 aliphatic heterocycles. The quantitative estimate of drug-likeness (QED) is 0.626. The number of benzene rings is 1. The van der Waals surface area contributed by atoms with Crippen LogP contribution in [0.15, 0.2) is 35.4 Å². The molecule has 0 unspecified atom stereocenters. The highest BCUT2D eigenvalue weighted by Gasteiger charge is 2.39. The molecule has 2 aliphatic rings. The van der Waals surface area contributed by atoms with Crippen LogP contribution in [0.5, 0.6) is 17.4 Å². The maximum absolute atomic E-state index is 14.4. The van der Waals surface area contributed by atoms with E-state index in [1.807, 2.05) is 0 Å². The molecule has 154 valence electrons. The van der Waals surface area contributed by atoms with Gasteiger partial charge in [-0.05, 0) is 24.6 Å². The van der Waals surface area contributed by atoms with Crippen LogP contribution in [0.2, 0.25) is 0 Å². The normalized spacial score (nSPS) is 16.6. The van der Waals surface area contributed by atoms with E-state index in [-0.39, 0.29) is 29.8 Å². The fourth-order valence-electron chi connectivity index (χ4n) is 3.25. The summed E-state index contributed by atoms with van der Waals surface area (Å²) in [5.41, 5.74) is -0.264. The second kappa shape index (κ2) is 7.02. The Morgan fingerprint density at radius 2 is 1.93 bits per heavy atom. The van der Waals surface area contributed by atoms with Gasteiger partial charge in [-0.3, -0.25) is 9.40 Å². The smallest absolute Gasteiger partial charge is 0.352 e. The predicted molar refractivity (Wildman–Crippen MR) is 98.2 cm³/mol. The fourth-order valence-corrected chi connectivity index (χ4v) is 3.25. The van der Waals surface area contributed by atoms with E-state index in [4.69, 9.17) is 14.3 Å². The van der Waals surface area contributed by atoms with Crippen molar-refractivity contribution in [3.05, 3.63) is 64.1 Å². The number of hydroxylamine groups is 1. The van der Waals surface area contributed by atoms with Gasteiger partial charge in [-0.2, -0.15) is 4.98 Å². The third kappa shape index (κ3) is 3.22. The van der Waals surface area contributed by atoms with Crippen LogP contribution in [-0.4, -0.2) is 32.2 Å². The molecule has 1 saturated heterocycles. The summed E-state index contributed by atoms with van der Waals surface area (Å²) in [6.07, 6.45) is 2.64. The first-order chi connectivity index (χ1) is 14.5. The van der Waals surface area contributed by atoms with E-state index in [9.17, 15) is 13.6 Å². The fraction of sp³-hybridized carbons (Fsp3) is 0.263. The number of hydrogen-bond acceptors (Lipinski definition) is 8. The van der Waals surface area contributed by atoms with Crippen LogP contribution in [0.25, 0.3) is 0 Å². The van der Waals surface area contributed by atoms with Crippen LogP contribution < -0.4 is 20.2 Å². The van der Waals surface area contributed by atoms with Crippen LogP contribution in [0.1, 0.15) is 11.4 Å². The molecule has 0 saturated carbocycles. The summed E-state index contributed by atoms with van der Waals surface area (Å²) in [4.78, 5) is 29.2. The molecule has 4 heterocycles. The van der Waals surface area contributed by atoms with E-state index in [1.54, 1.807) is 18.1 Å². The monoisotopic (exact) mass is 415 g/mol. The molecule has 5 rings (SSSR count). The Balaban J connectivity index is 1.32. The molecule has 0 N–H and O–H groups in total. The van der Waals surface area contributed by atoms with E-state index >= 15 is 0 Å². The predicted octanol–water partition coefficient (Wildman–Crippen LogP) is 2.13. The van der Waals surface area contributed by atoms with Gasteiger partial charge in [-0.1, -0.05) is 0 Å². The maximum atomic E-state index is 14.4. The number of rotatable bonds is 5. The minimum Gasteiger partial charge on any atom is -0.473 e. The molecule has 0 amide bonds. The average molecular weight is 415 g/mol. The summed E-state index contributed by atoms with van der Waals surface area (Å²) in [6, 6.07) is 3.84. The van der Waals surface area contributed by atoms with Crippen LogP contribution in [0.3, 0.4) is 0 Å². The summed E-state index contributed by atoms with van der Waals surface area (Å²) in [7, 11) is 0. The highest BCUT2D eigenvalue weighted by molar-refractivity contribution is 5.46. The molecule has 2 aromatic heterocycles. The number of halogens is 2. The first-order valence-corrected chi connectivity index (χ1v) is 9.09. The van der Waals surface area contributed by atoms with Gasteiger partial charge in [0.1, 0.15) is 24.3 Å². The van der Waals surface area contributed by atoms with Crippen molar-refractivity contribution < 1.29 is 23.1 Å². The van der Waals surface area contributed by atoms with Gasteiger partial charge in [0, 0.05) is 6.07 Å². The third-order valence-corrected chi connectivity index (χ3v) is 4.74. The Labute approximate surface area is 168 Å². The number of anilines is 1.